The van der Waals surface area contributed by atoms with E-state index < -0.39 is 0 Å². The van der Waals surface area contributed by atoms with Crippen LogP contribution in [0.25, 0.3) is 0 Å². The van der Waals surface area contributed by atoms with E-state index in [1.807, 2.05) is 12.1 Å². The Kier molecular flexibility index (Phi) is 9.02. The molecule has 2 aromatic rings. The summed E-state index contributed by atoms with van der Waals surface area (Å²) in [6, 6.07) is 10.2. The predicted molar refractivity (Wildman–Crippen MR) is 96.2 cm³/mol. The van der Waals surface area contributed by atoms with Gasteiger partial charge in [-0.3, -0.25) is 0 Å². The molecule has 0 radical (unpaired) electrons. The van der Waals surface area contributed by atoms with Crippen LogP contribution in [-0.4, -0.2) is 31.5 Å². The number of pyridine rings is 1. The molecule has 9 heteroatoms. The number of hydrogen-bond acceptors (Lipinski definition) is 8. The van der Waals surface area contributed by atoms with Crippen LogP contribution in [0.1, 0.15) is 5.56 Å². The van der Waals surface area contributed by atoms with Crippen molar-refractivity contribution < 1.29 is 22.8 Å². The second-order valence-corrected chi connectivity index (χ2v) is 6.33. The number of anilines is 1. The van der Waals surface area contributed by atoms with Crippen molar-refractivity contribution >= 4 is 29.9 Å². The minimum absolute atomic E-state index is 0.253. The van der Waals surface area contributed by atoms with Gasteiger partial charge in [0.25, 0.3) is 0 Å². The fourth-order valence-electron chi connectivity index (χ4n) is 2.00. The number of rotatable bonds is 11. The zero-order valence-electron chi connectivity index (χ0n) is 13.9. The Labute approximate surface area is 154 Å². The molecule has 1 heterocycles. The number of aromatic nitrogens is 1. The highest BCUT2D eigenvalue weighted by Crippen LogP contribution is 2.22. The molecule has 0 spiro atoms. The van der Waals surface area contributed by atoms with Crippen molar-refractivity contribution in [2.24, 2.45) is 0 Å². The third-order valence-corrected chi connectivity index (χ3v) is 4.31. The van der Waals surface area contributed by atoms with Crippen molar-refractivity contribution in [3.05, 3.63) is 54.0 Å². The molecule has 0 saturated carbocycles. The van der Waals surface area contributed by atoms with Gasteiger partial charge in [0.1, 0.15) is 11.6 Å². The smallest absolute Gasteiger partial charge is 0.128 e. The van der Waals surface area contributed by atoms with E-state index >= 15 is 0 Å². The summed E-state index contributed by atoms with van der Waals surface area (Å²) in [6.07, 6.45) is 1.70. The molecule has 136 valence electrons. The maximum atomic E-state index is 13.1. The molecule has 0 fully saturated rings. The van der Waals surface area contributed by atoms with Crippen LogP contribution in [-0.2, 0) is 25.0 Å². The van der Waals surface area contributed by atoms with Crippen molar-refractivity contribution in [2.45, 2.75) is 11.4 Å². The summed E-state index contributed by atoms with van der Waals surface area (Å²) in [5, 5.41) is 0. The molecule has 25 heavy (non-hydrogen) atoms. The monoisotopic (exact) mass is 386 g/mol. The maximum Gasteiger partial charge on any atom is 0.128 e. The highest BCUT2D eigenvalue weighted by molar-refractivity contribution is 7.94. The fraction of sp³-hybridized carbons (Fsp3) is 0.312. The van der Waals surface area contributed by atoms with Crippen LogP contribution < -0.4 is 4.90 Å². The largest absolute Gasteiger partial charge is 0.351 e. The lowest BCUT2D eigenvalue weighted by Gasteiger charge is -2.23. The molecular formula is C16H19FN2O4S2. The fourth-order valence-corrected chi connectivity index (χ4v) is 2.82. The molecule has 0 aliphatic carbocycles. The molecular weight excluding hydrogens is 367 g/mol. The molecule has 0 bridgehead atoms. The van der Waals surface area contributed by atoms with E-state index in [2.05, 4.69) is 19.7 Å². The van der Waals surface area contributed by atoms with E-state index in [9.17, 15) is 4.39 Å². The predicted octanol–water partition coefficient (Wildman–Crippen LogP) is 4.04. The number of nitrogens with zero attached hydrogens (tertiary/aromatic N) is 2. The minimum atomic E-state index is -0.253. The van der Waals surface area contributed by atoms with Crippen molar-refractivity contribution in [3.8, 4) is 0 Å². The van der Waals surface area contributed by atoms with Crippen LogP contribution in [0.5, 0.6) is 0 Å². The van der Waals surface area contributed by atoms with Gasteiger partial charge in [-0.2, -0.15) is 8.67 Å². The Morgan fingerprint density at radius 2 is 1.80 bits per heavy atom. The highest BCUT2D eigenvalue weighted by atomic mass is 32.2. The minimum Gasteiger partial charge on any atom is -0.351 e. The average Bonchev–Trinajstić information content (AvgIpc) is 2.64. The standard InChI is InChI=1S/C16H19FN2O4S2/c1-20-22-24-10-9-19(12-13-3-5-14(17)6-4-13)16-8-7-15(11-18-16)25-23-21-2/h3-8,11H,9-10,12H2,1-2H3. The molecule has 2 rings (SSSR count). The number of halogens is 1. The van der Waals surface area contributed by atoms with Crippen LogP contribution in [0.2, 0.25) is 0 Å². The lowest BCUT2D eigenvalue weighted by atomic mass is 10.2. The second kappa shape index (κ2) is 11.3. The van der Waals surface area contributed by atoms with E-state index in [4.69, 9.17) is 8.67 Å². The second-order valence-electron chi connectivity index (χ2n) is 4.77. The van der Waals surface area contributed by atoms with E-state index in [1.165, 1.54) is 38.4 Å². The van der Waals surface area contributed by atoms with Gasteiger partial charge in [0.05, 0.1) is 31.2 Å². The van der Waals surface area contributed by atoms with E-state index in [-0.39, 0.29) is 5.82 Å². The van der Waals surface area contributed by atoms with E-state index in [1.54, 1.807) is 18.3 Å². The zero-order chi connectivity index (χ0) is 17.9. The van der Waals surface area contributed by atoms with Gasteiger partial charge < -0.3 is 4.90 Å². The third kappa shape index (κ3) is 7.18. The Bertz CT molecular complexity index is 617. The summed E-state index contributed by atoms with van der Waals surface area (Å²) < 4.78 is 22.7. The molecule has 0 atom stereocenters. The summed E-state index contributed by atoms with van der Waals surface area (Å²) >= 11 is 2.30. The van der Waals surface area contributed by atoms with Gasteiger partial charge >= 0.3 is 0 Å². The normalized spacial score (nSPS) is 10.8. The van der Waals surface area contributed by atoms with Crippen LogP contribution >= 0.6 is 24.1 Å². The SMILES string of the molecule is COOSCCN(Cc1ccc(F)cc1)c1ccc(SOOC)cn1. The van der Waals surface area contributed by atoms with Gasteiger partial charge in [-0.1, -0.05) is 12.1 Å². The molecule has 1 aromatic heterocycles. The van der Waals surface area contributed by atoms with Crippen LogP contribution in [0.4, 0.5) is 10.2 Å². The van der Waals surface area contributed by atoms with Gasteiger partial charge in [0.2, 0.25) is 0 Å². The lowest BCUT2D eigenvalue weighted by Crippen LogP contribution is -2.26. The average molecular weight is 386 g/mol. The summed E-state index contributed by atoms with van der Waals surface area (Å²) in [5.41, 5.74) is 0.988. The maximum absolute atomic E-state index is 13.1. The number of benzene rings is 1. The molecule has 0 saturated heterocycles. The van der Waals surface area contributed by atoms with Crippen LogP contribution in [0.3, 0.4) is 0 Å². The van der Waals surface area contributed by atoms with Crippen molar-refractivity contribution in [2.75, 3.05) is 31.4 Å². The van der Waals surface area contributed by atoms with Gasteiger partial charge in [-0.25, -0.2) is 19.1 Å². The first-order valence-corrected chi connectivity index (χ1v) is 9.03. The summed E-state index contributed by atoms with van der Waals surface area (Å²) in [5.74, 6) is 1.22. The first kappa shape index (κ1) is 20.0. The third-order valence-electron chi connectivity index (χ3n) is 3.09. The van der Waals surface area contributed by atoms with Gasteiger partial charge in [-0.15, -0.1) is 0 Å². The van der Waals surface area contributed by atoms with Gasteiger partial charge in [0, 0.05) is 37.1 Å². The summed E-state index contributed by atoms with van der Waals surface area (Å²) in [6.45, 7) is 1.28. The molecule has 0 unspecified atom stereocenters. The number of hydrogen-bond donors (Lipinski definition) is 0. The Morgan fingerprint density at radius 3 is 2.44 bits per heavy atom. The molecule has 0 aliphatic rings. The first-order valence-electron chi connectivity index (χ1n) is 7.38. The van der Waals surface area contributed by atoms with Gasteiger partial charge in [-0.05, 0) is 29.8 Å². The summed E-state index contributed by atoms with van der Waals surface area (Å²) in [4.78, 5) is 16.5. The van der Waals surface area contributed by atoms with Crippen LogP contribution in [0.15, 0.2) is 47.5 Å². The molecule has 0 amide bonds. The Morgan fingerprint density at radius 1 is 1.04 bits per heavy atom. The van der Waals surface area contributed by atoms with Crippen LogP contribution in [0, 0.1) is 5.82 Å². The zero-order valence-corrected chi connectivity index (χ0v) is 15.5. The molecule has 1 aromatic carbocycles. The highest BCUT2D eigenvalue weighted by Gasteiger charge is 2.10. The Balaban J connectivity index is 2.05. The van der Waals surface area contributed by atoms with Crippen molar-refractivity contribution in [3.63, 3.8) is 0 Å². The quantitative estimate of drug-likeness (QED) is 0.248. The van der Waals surface area contributed by atoms with E-state index in [0.717, 1.165) is 28.3 Å². The first-order chi connectivity index (χ1) is 12.2. The Hall–Kier alpha value is -1.36. The molecule has 0 aliphatic heterocycles. The summed E-state index contributed by atoms with van der Waals surface area (Å²) in [7, 11) is 2.91. The topological polar surface area (TPSA) is 53.1 Å². The molecule has 0 N–H and O–H groups in total. The van der Waals surface area contributed by atoms with Gasteiger partial charge in [0.15, 0.2) is 0 Å². The van der Waals surface area contributed by atoms with Crippen molar-refractivity contribution in [1.82, 2.24) is 4.98 Å². The molecule has 6 nitrogen and oxygen atoms in total. The lowest BCUT2D eigenvalue weighted by molar-refractivity contribution is -0.160. The van der Waals surface area contributed by atoms with Crippen molar-refractivity contribution in [1.29, 1.82) is 0 Å². The van der Waals surface area contributed by atoms with E-state index in [0.29, 0.717) is 18.8 Å².